The maximum Gasteiger partial charge on any atom is 0.124 e. The first-order chi connectivity index (χ1) is 7.76. The van der Waals surface area contributed by atoms with Gasteiger partial charge in [0.15, 0.2) is 0 Å². The zero-order chi connectivity index (χ0) is 11.5. The van der Waals surface area contributed by atoms with E-state index >= 15 is 0 Å². The average molecular weight is 228 g/mol. The molecule has 0 atom stereocenters. The summed E-state index contributed by atoms with van der Waals surface area (Å²) < 4.78 is 1.66. The SMILES string of the molecule is N#Cc1cc(Cl)ccc1-n1cccc1C#N. The summed E-state index contributed by atoms with van der Waals surface area (Å²) in [7, 11) is 0. The van der Waals surface area contributed by atoms with E-state index in [9.17, 15) is 0 Å². The van der Waals surface area contributed by atoms with E-state index in [2.05, 4.69) is 12.1 Å². The smallest absolute Gasteiger partial charge is 0.124 e. The minimum atomic E-state index is 0.445. The van der Waals surface area contributed by atoms with Gasteiger partial charge in [0.1, 0.15) is 17.8 Å². The van der Waals surface area contributed by atoms with Crippen LogP contribution in [0.3, 0.4) is 0 Å². The summed E-state index contributed by atoms with van der Waals surface area (Å²) in [6.07, 6.45) is 1.74. The van der Waals surface area contributed by atoms with E-state index in [1.54, 1.807) is 41.1 Å². The largest absolute Gasteiger partial charge is 0.307 e. The molecule has 0 fully saturated rings. The van der Waals surface area contributed by atoms with E-state index in [1.807, 2.05) is 0 Å². The van der Waals surface area contributed by atoms with Crippen LogP contribution in [0.5, 0.6) is 0 Å². The van der Waals surface area contributed by atoms with Gasteiger partial charge >= 0.3 is 0 Å². The fraction of sp³-hybridized carbons (Fsp3) is 0. The van der Waals surface area contributed by atoms with Crippen molar-refractivity contribution in [3.05, 3.63) is 52.8 Å². The van der Waals surface area contributed by atoms with Gasteiger partial charge in [0, 0.05) is 11.2 Å². The van der Waals surface area contributed by atoms with E-state index in [0.717, 1.165) is 0 Å². The number of hydrogen-bond donors (Lipinski definition) is 0. The molecule has 0 bridgehead atoms. The molecule has 0 aliphatic carbocycles. The molecule has 1 heterocycles. The van der Waals surface area contributed by atoms with Crippen LogP contribution < -0.4 is 0 Å². The lowest BCUT2D eigenvalue weighted by Crippen LogP contribution is -1.98. The van der Waals surface area contributed by atoms with Crippen LogP contribution in [-0.2, 0) is 0 Å². The maximum absolute atomic E-state index is 9.00. The quantitative estimate of drug-likeness (QED) is 0.752. The number of nitriles is 2. The third-order valence-electron chi connectivity index (χ3n) is 2.20. The molecule has 0 amide bonds. The van der Waals surface area contributed by atoms with Crippen molar-refractivity contribution in [1.82, 2.24) is 4.57 Å². The molecular weight excluding hydrogens is 222 g/mol. The van der Waals surface area contributed by atoms with Crippen LogP contribution in [0.15, 0.2) is 36.5 Å². The van der Waals surface area contributed by atoms with Crippen LogP contribution in [0.2, 0.25) is 5.02 Å². The third kappa shape index (κ3) is 1.65. The molecule has 16 heavy (non-hydrogen) atoms. The van der Waals surface area contributed by atoms with Crippen LogP contribution in [0.25, 0.3) is 5.69 Å². The lowest BCUT2D eigenvalue weighted by Gasteiger charge is -2.06. The molecule has 0 saturated heterocycles. The number of hydrogen-bond acceptors (Lipinski definition) is 2. The van der Waals surface area contributed by atoms with Gasteiger partial charge < -0.3 is 4.57 Å². The van der Waals surface area contributed by atoms with Crippen molar-refractivity contribution in [2.45, 2.75) is 0 Å². The van der Waals surface area contributed by atoms with Crippen LogP contribution in [0, 0.1) is 22.7 Å². The second kappa shape index (κ2) is 4.10. The van der Waals surface area contributed by atoms with Crippen molar-refractivity contribution in [2.75, 3.05) is 0 Å². The highest BCUT2D eigenvalue weighted by molar-refractivity contribution is 6.30. The standard InChI is InChI=1S/C12H6ClN3/c13-10-3-4-12(9(6-10)7-14)16-5-1-2-11(16)8-15/h1-6H. The van der Waals surface area contributed by atoms with Crippen molar-refractivity contribution >= 4 is 11.6 Å². The third-order valence-corrected chi connectivity index (χ3v) is 2.44. The Morgan fingerprint density at radius 2 is 1.94 bits per heavy atom. The second-order valence-electron chi connectivity index (χ2n) is 3.15. The Bertz CT molecular complexity index is 614. The van der Waals surface area contributed by atoms with Crippen molar-refractivity contribution in [1.29, 1.82) is 10.5 Å². The number of rotatable bonds is 1. The summed E-state index contributed by atoms with van der Waals surface area (Å²) in [5.41, 5.74) is 1.59. The van der Waals surface area contributed by atoms with Gasteiger partial charge in [-0.2, -0.15) is 10.5 Å². The molecule has 0 aliphatic rings. The van der Waals surface area contributed by atoms with Gasteiger partial charge in [-0.3, -0.25) is 0 Å². The number of halogens is 1. The summed E-state index contributed by atoms with van der Waals surface area (Å²) in [6, 6.07) is 12.6. The number of benzene rings is 1. The van der Waals surface area contributed by atoms with Crippen LogP contribution >= 0.6 is 11.6 Å². The van der Waals surface area contributed by atoms with Gasteiger partial charge in [0.2, 0.25) is 0 Å². The number of nitrogens with zero attached hydrogens (tertiary/aromatic N) is 3. The molecule has 1 aromatic heterocycles. The first-order valence-electron chi connectivity index (χ1n) is 4.53. The summed E-state index contributed by atoms with van der Waals surface area (Å²) >= 11 is 5.81. The fourth-order valence-corrected chi connectivity index (χ4v) is 1.66. The van der Waals surface area contributed by atoms with Crippen LogP contribution in [-0.4, -0.2) is 4.57 Å². The predicted molar refractivity (Wildman–Crippen MR) is 60.2 cm³/mol. The van der Waals surface area contributed by atoms with Crippen molar-refractivity contribution < 1.29 is 0 Å². The van der Waals surface area contributed by atoms with E-state index in [1.165, 1.54) is 0 Å². The van der Waals surface area contributed by atoms with Gasteiger partial charge in [-0.1, -0.05) is 11.6 Å². The summed E-state index contributed by atoms with van der Waals surface area (Å²) in [4.78, 5) is 0. The Morgan fingerprint density at radius 1 is 1.12 bits per heavy atom. The van der Waals surface area contributed by atoms with Gasteiger partial charge in [-0.15, -0.1) is 0 Å². The Balaban J connectivity index is 2.67. The Labute approximate surface area is 97.7 Å². The normalized spacial score (nSPS) is 9.44. The van der Waals surface area contributed by atoms with Gasteiger partial charge in [0.05, 0.1) is 11.3 Å². The first kappa shape index (κ1) is 10.3. The van der Waals surface area contributed by atoms with Gasteiger partial charge in [-0.05, 0) is 30.3 Å². The average Bonchev–Trinajstić information content (AvgIpc) is 2.76. The van der Waals surface area contributed by atoms with Crippen LogP contribution in [0.1, 0.15) is 11.3 Å². The highest BCUT2D eigenvalue weighted by Gasteiger charge is 2.07. The molecule has 1 aromatic carbocycles. The second-order valence-corrected chi connectivity index (χ2v) is 3.58. The lowest BCUT2D eigenvalue weighted by atomic mass is 10.2. The molecule has 0 unspecified atom stereocenters. The first-order valence-corrected chi connectivity index (χ1v) is 4.91. The molecule has 2 aromatic rings. The monoisotopic (exact) mass is 227 g/mol. The molecule has 3 nitrogen and oxygen atoms in total. The predicted octanol–water partition coefficient (Wildman–Crippen LogP) is 2.87. The molecule has 2 rings (SSSR count). The minimum absolute atomic E-state index is 0.445. The molecule has 76 valence electrons. The number of aromatic nitrogens is 1. The minimum Gasteiger partial charge on any atom is -0.307 e. The van der Waals surface area contributed by atoms with Gasteiger partial charge in [-0.25, -0.2) is 0 Å². The molecule has 4 heteroatoms. The van der Waals surface area contributed by atoms with Crippen molar-refractivity contribution in [3.63, 3.8) is 0 Å². The van der Waals surface area contributed by atoms with E-state index in [0.29, 0.717) is 22.0 Å². The van der Waals surface area contributed by atoms with E-state index in [4.69, 9.17) is 22.1 Å². The van der Waals surface area contributed by atoms with Crippen molar-refractivity contribution in [3.8, 4) is 17.8 Å². The summed E-state index contributed by atoms with van der Waals surface area (Å²) in [5.74, 6) is 0. The molecular formula is C12H6ClN3. The van der Waals surface area contributed by atoms with Gasteiger partial charge in [0.25, 0.3) is 0 Å². The zero-order valence-electron chi connectivity index (χ0n) is 8.18. The molecule has 0 aliphatic heterocycles. The highest BCUT2D eigenvalue weighted by Crippen LogP contribution is 2.20. The Morgan fingerprint density at radius 3 is 2.62 bits per heavy atom. The molecule has 0 radical (unpaired) electrons. The maximum atomic E-state index is 9.00. The van der Waals surface area contributed by atoms with E-state index in [-0.39, 0.29) is 0 Å². The van der Waals surface area contributed by atoms with E-state index < -0.39 is 0 Å². The summed E-state index contributed by atoms with van der Waals surface area (Å²) in [6.45, 7) is 0. The molecule has 0 spiro atoms. The lowest BCUT2D eigenvalue weighted by molar-refractivity contribution is 1.05. The van der Waals surface area contributed by atoms with Crippen molar-refractivity contribution in [2.24, 2.45) is 0 Å². The van der Waals surface area contributed by atoms with Crippen LogP contribution in [0.4, 0.5) is 0 Å². The fourth-order valence-electron chi connectivity index (χ4n) is 1.49. The molecule has 0 N–H and O–H groups in total. The Kier molecular flexibility index (Phi) is 2.64. The molecule has 0 saturated carbocycles. The zero-order valence-corrected chi connectivity index (χ0v) is 8.94. The topological polar surface area (TPSA) is 52.5 Å². The Hall–Kier alpha value is -2.23. The highest BCUT2D eigenvalue weighted by atomic mass is 35.5. The summed E-state index contributed by atoms with van der Waals surface area (Å²) in [5, 5.41) is 18.4.